The van der Waals surface area contributed by atoms with Crippen LogP contribution in [0.2, 0.25) is 0 Å². The van der Waals surface area contributed by atoms with Gasteiger partial charge in [0.2, 0.25) is 5.91 Å². The Morgan fingerprint density at radius 2 is 1.79 bits per heavy atom. The average Bonchev–Trinajstić information content (AvgIpc) is 2.83. The van der Waals surface area contributed by atoms with Crippen LogP contribution in [0.1, 0.15) is 24.0 Å². The molecule has 1 aliphatic heterocycles. The van der Waals surface area contributed by atoms with Crippen LogP contribution >= 0.6 is 11.8 Å². The predicted molar refractivity (Wildman–Crippen MR) is 121 cm³/mol. The van der Waals surface area contributed by atoms with Crippen LogP contribution in [0, 0.1) is 5.92 Å². The van der Waals surface area contributed by atoms with Gasteiger partial charge in [-0.05, 0) is 42.7 Å². The maximum atomic E-state index is 12.8. The fraction of sp³-hybridized carbons (Fsp3) is 0.292. The van der Waals surface area contributed by atoms with Gasteiger partial charge in [0.25, 0.3) is 0 Å². The molecule has 3 aromatic rings. The summed E-state index contributed by atoms with van der Waals surface area (Å²) in [5, 5.41) is 3.65. The number of hydrogen-bond acceptors (Lipinski definition) is 5. The smallest absolute Gasteiger partial charge is 0.354 e. The van der Waals surface area contributed by atoms with Crippen molar-refractivity contribution in [1.82, 2.24) is 15.3 Å². The number of alkyl halides is 3. The van der Waals surface area contributed by atoms with E-state index in [9.17, 15) is 18.0 Å². The highest BCUT2D eigenvalue weighted by molar-refractivity contribution is 7.99. The Balaban J connectivity index is 1.38. The molecule has 0 saturated carbocycles. The normalized spacial score (nSPS) is 16.5. The zero-order valence-corrected chi connectivity index (χ0v) is 18.6. The first-order valence-electron chi connectivity index (χ1n) is 10.6. The summed E-state index contributed by atoms with van der Waals surface area (Å²) < 4.78 is 38.2. The van der Waals surface area contributed by atoms with Gasteiger partial charge in [-0.2, -0.15) is 13.2 Å². The molecule has 1 saturated heterocycles. The molecule has 2 heterocycles. The molecule has 1 aromatic heterocycles. The van der Waals surface area contributed by atoms with Crippen molar-refractivity contribution < 1.29 is 18.0 Å². The molecule has 0 spiro atoms. The van der Waals surface area contributed by atoms with E-state index in [0.29, 0.717) is 12.1 Å². The van der Waals surface area contributed by atoms with Crippen LogP contribution in [0.4, 0.5) is 19.0 Å². The van der Waals surface area contributed by atoms with Crippen molar-refractivity contribution in [3.63, 3.8) is 0 Å². The third kappa shape index (κ3) is 6.04. The summed E-state index contributed by atoms with van der Waals surface area (Å²) in [5.41, 5.74) is -0.0758. The molecule has 172 valence electrons. The van der Waals surface area contributed by atoms with Crippen LogP contribution < -0.4 is 10.2 Å². The number of halogens is 3. The van der Waals surface area contributed by atoms with Crippen molar-refractivity contribution in [1.29, 1.82) is 0 Å². The largest absolute Gasteiger partial charge is 0.416 e. The van der Waals surface area contributed by atoms with Crippen LogP contribution in [-0.4, -0.2) is 29.0 Å². The first-order chi connectivity index (χ1) is 15.9. The number of benzene rings is 2. The van der Waals surface area contributed by atoms with E-state index in [1.165, 1.54) is 23.9 Å². The fourth-order valence-corrected chi connectivity index (χ4v) is 4.64. The number of anilines is 1. The Hall–Kier alpha value is -3.07. The lowest BCUT2D eigenvalue weighted by Gasteiger charge is -2.33. The third-order valence-electron chi connectivity index (χ3n) is 5.44. The highest BCUT2D eigenvalue weighted by Gasteiger charge is 2.30. The molecule has 0 unspecified atom stereocenters. The Morgan fingerprint density at radius 3 is 2.52 bits per heavy atom. The minimum absolute atomic E-state index is 0.110. The SMILES string of the molecule is O=C(NCc1ccc(C(F)(F)F)cc1)[C@H]1CCCN(c2nccnc2Sc2ccccc2)C1. The summed E-state index contributed by atoms with van der Waals surface area (Å²) in [6.07, 6.45) is 0.526. The Labute approximate surface area is 194 Å². The van der Waals surface area contributed by atoms with Crippen LogP contribution in [0.15, 0.2) is 76.9 Å². The Bertz CT molecular complexity index is 1080. The van der Waals surface area contributed by atoms with Gasteiger partial charge in [-0.3, -0.25) is 4.79 Å². The molecule has 1 amide bonds. The standard InChI is InChI=1S/C24H23F3N4OS/c25-24(26,27)19-10-8-17(9-11-19)15-30-22(32)18-5-4-14-31(16-18)21-23(29-13-12-28-21)33-20-6-2-1-3-7-20/h1-3,6-13,18H,4-5,14-16H2,(H,30,32)/t18-/m0/s1. The van der Waals surface area contributed by atoms with Gasteiger partial charge >= 0.3 is 6.18 Å². The Morgan fingerprint density at radius 1 is 1.06 bits per heavy atom. The molecule has 1 fully saturated rings. The Kier molecular flexibility index (Phi) is 7.17. The van der Waals surface area contributed by atoms with Gasteiger partial charge in [0, 0.05) is 36.9 Å². The van der Waals surface area contributed by atoms with Gasteiger partial charge in [0.1, 0.15) is 5.03 Å². The second kappa shape index (κ2) is 10.2. The highest BCUT2D eigenvalue weighted by Crippen LogP contribution is 2.34. The van der Waals surface area contributed by atoms with Gasteiger partial charge in [-0.1, -0.05) is 42.1 Å². The molecule has 0 radical (unpaired) electrons. The zero-order valence-electron chi connectivity index (χ0n) is 17.8. The molecule has 4 rings (SSSR count). The summed E-state index contributed by atoms with van der Waals surface area (Å²) >= 11 is 1.53. The van der Waals surface area contributed by atoms with Crippen molar-refractivity contribution in [3.8, 4) is 0 Å². The molecule has 1 N–H and O–H groups in total. The van der Waals surface area contributed by atoms with E-state index in [0.717, 1.165) is 47.3 Å². The van der Waals surface area contributed by atoms with E-state index in [4.69, 9.17) is 0 Å². The average molecular weight is 473 g/mol. The van der Waals surface area contributed by atoms with Gasteiger partial charge in [-0.15, -0.1) is 0 Å². The first kappa shape index (κ1) is 23.1. The van der Waals surface area contributed by atoms with E-state index >= 15 is 0 Å². The van der Waals surface area contributed by atoms with Crippen LogP contribution in [0.5, 0.6) is 0 Å². The number of aromatic nitrogens is 2. The molecule has 2 aromatic carbocycles. The first-order valence-corrected chi connectivity index (χ1v) is 11.4. The minimum atomic E-state index is -4.37. The second-order valence-corrected chi connectivity index (χ2v) is 8.86. The van der Waals surface area contributed by atoms with Crippen LogP contribution in [-0.2, 0) is 17.5 Å². The zero-order chi connectivity index (χ0) is 23.3. The molecule has 1 aliphatic rings. The predicted octanol–water partition coefficient (Wildman–Crippen LogP) is 5.18. The molecular formula is C24H23F3N4OS. The maximum absolute atomic E-state index is 12.8. The fourth-order valence-electron chi connectivity index (χ4n) is 3.74. The van der Waals surface area contributed by atoms with E-state index in [1.54, 1.807) is 12.4 Å². The lowest BCUT2D eigenvalue weighted by molar-refractivity contribution is -0.137. The van der Waals surface area contributed by atoms with Crippen LogP contribution in [0.3, 0.4) is 0 Å². The summed E-state index contributed by atoms with van der Waals surface area (Å²) in [4.78, 5) is 25.0. The maximum Gasteiger partial charge on any atom is 0.416 e. The minimum Gasteiger partial charge on any atom is -0.354 e. The lowest BCUT2D eigenvalue weighted by atomic mass is 9.97. The van der Waals surface area contributed by atoms with Crippen molar-refractivity contribution in [3.05, 3.63) is 78.1 Å². The number of rotatable bonds is 6. The number of hydrogen-bond donors (Lipinski definition) is 1. The van der Waals surface area contributed by atoms with Crippen molar-refractivity contribution in [2.75, 3.05) is 18.0 Å². The number of amides is 1. The van der Waals surface area contributed by atoms with Gasteiger partial charge < -0.3 is 10.2 Å². The van der Waals surface area contributed by atoms with Crippen LogP contribution in [0.25, 0.3) is 0 Å². The summed E-state index contributed by atoms with van der Waals surface area (Å²) in [5.74, 6) is 0.414. The van der Waals surface area contributed by atoms with E-state index < -0.39 is 11.7 Å². The summed E-state index contributed by atoms with van der Waals surface area (Å²) in [6, 6.07) is 14.8. The monoisotopic (exact) mass is 472 g/mol. The van der Waals surface area contributed by atoms with Crippen molar-refractivity contribution in [2.45, 2.75) is 35.5 Å². The number of carbonyl (C=O) groups is 1. The molecule has 33 heavy (non-hydrogen) atoms. The van der Waals surface area contributed by atoms with E-state index in [1.807, 2.05) is 30.3 Å². The number of nitrogens with one attached hydrogen (secondary N) is 1. The lowest BCUT2D eigenvalue weighted by Crippen LogP contribution is -2.43. The number of carbonyl (C=O) groups excluding carboxylic acids is 1. The number of nitrogens with zero attached hydrogens (tertiary/aromatic N) is 3. The summed E-state index contributed by atoms with van der Waals surface area (Å²) in [7, 11) is 0. The molecule has 5 nitrogen and oxygen atoms in total. The topological polar surface area (TPSA) is 58.1 Å². The molecule has 9 heteroatoms. The number of piperidine rings is 1. The quantitative estimate of drug-likeness (QED) is 0.536. The van der Waals surface area contributed by atoms with E-state index in [-0.39, 0.29) is 18.4 Å². The van der Waals surface area contributed by atoms with Crippen molar-refractivity contribution in [2.24, 2.45) is 5.92 Å². The van der Waals surface area contributed by atoms with Gasteiger partial charge in [0.05, 0.1) is 11.5 Å². The molecule has 1 atom stereocenters. The molecule has 0 aliphatic carbocycles. The summed E-state index contributed by atoms with van der Waals surface area (Å²) in [6.45, 7) is 1.48. The van der Waals surface area contributed by atoms with Gasteiger partial charge in [0.15, 0.2) is 5.82 Å². The molecular weight excluding hydrogens is 449 g/mol. The molecule has 0 bridgehead atoms. The third-order valence-corrected chi connectivity index (χ3v) is 6.43. The van der Waals surface area contributed by atoms with E-state index in [2.05, 4.69) is 20.2 Å². The highest BCUT2D eigenvalue weighted by atomic mass is 32.2. The van der Waals surface area contributed by atoms with Crippen molar-refractivity contribution >= 4 is 23.5 Å². The second-order valence-electron chi connectivity index (χ2n) is 7.80. The van der Waals surface area contributed by atoms with Gasteiger partial charge in [-0.25, -0.2) is 9.97 Å².